The zero-order valence-corrected chi connectivity index (χ0v) is 16.3. The van der Waals surface area contributed by atoms with Gasteiger partial charge in [-0.15, -0.1) is 0 Å². The van der Waals surface area contributed by atoms with Gasteiger partial charge in [-0.2, -0.15) is 5.10 Å². The number of hydrogen-bond donors (Lipinski definition) is 1. The second kappa shape index (κ2) is 8.34. The molecule has 4 rings (SSSR count). The van der Waals surface area contributed by atoms with Gasteiger partial charge in [0.05, 0.1) is 12.0 Å². The molecule has 152 valence electrons. The summed E-state index contributed by atoms with van der Waals surface area (Å²) in [5.41, 5.74) is 6.98. The van der Waals surface area contributed by atoms with Crippen LogP contribution in [0.3, 0.4) is 0 Å². The van der Waals surface area contributed by atoms with E-state index in [0.717, 1.165) is 5.56 Å². The fourth-order valence-electron chi connectivity index (χ4n) is 3.03. The lowest BCUT2D eigenvalue weighted by atomic mass is 10.0. The predicted octanol–water partition coefficient (Wildman–Crippen LogP) is 2.84. The Morgan fingerprint density at radius 1 is 1.20 bits per heavy atom. The van der Waals surface area contributed by atoms with Crippen LogP contribution in [-0.2, 0) is 9.53 Å². The van der Waals surface area contributed by atoms with Crippen LogP contribution in [0.25, 0.3) is 0 Å². The fraction of sp³-hybridized carbons (Fsp3) is 0.150. The number of nitrogen functional groups attached to an aromatic ring is 1. The summed E-state index contributed by atoms with van der Waals surface area (Å²) in [4.78, 5) is 32.6. The van der Waals surface area contributed by atoms with Gasteiger partial charge in [0, 0.05) is 23.8 Å². The minimum atomic E-state index is -0.843. The highest BCUT2D eigenvalue weighted by Gasteiger charge is 2.35. The second-order valence-electron chi connectivity index (χ2n) is 6.39. The lowest BCUT2D eigenvalue weighted by molar-refractivity contribution is -0.136. The molecule has 0 fully saturated rings. The van der Waals surface area contributed by atoms with E-state index in [1.165, 1.54) is 23.7 Å². The molecule has 1 aliphatic rings. The number of hydrogen-bond acceptors (Lipinski definition) is 8. The summed E-state index contributed by atoms with van der Waals surface area (Å²) in [6.45, 7) is -0.538. The first-order chi connectivity index (χ1) is 14.5. The summed E-state index contributed by atoms with van der Waals surface area (Å²) in [6.07, 6.45) is 4.62. The molecule has 10 heteroatoms. The number of rotatable bonds is 5. The number of carbonyl (C=O) groups excluding carboxylic acids is 2. The van der Waals surface area contributed by atoms with Crippen LogP contribution in [0.2, 0.25) is 5.02 Å². The van der Waals surface area contributed by atoms with Gasteiger partial charge in [-0.25, -0.2) is 19.8 Å². The number of halogens is 1. The van der Waals surface area contributed by atoms with Crippen LogP contribution in [0.1, 0.15) is 34.3 Å². The van der Waals surface area contributed by atoms with Crippen molar-refractivity contribution in [2.45, 2.75) is 12.5 Å². The molecule has 0 saturated carbocycles. The molecule has 9 nitrogen and oxygen atoms in total. The maximum absolute atomic E-state index is 12.8. The smallest absolute Gasteiger partial charge is 0.361 e. The van der Waals surface area contributed by atoms with Crippen molar-refractivity contribution in [2.75, 3.05) is 12.3 Å². The lowest BCUT2D eigenvalue weighted by Crippen LogP contribution is -2.31. The molecule has 1 aliphatic heterocycles. The number of nitrogens with zero attached hydrogens (tertiary/aromatic N) is 4. The number of nitrogens with two attached hydrogens (primary N) is 1. The number of furan rings is 1. The van der Waals surface area contributed by atoms with E-state index >= 15 is 0 Å². The van der Waals surface area contributed by atoms with Gasteiger partial charge in [0.15, 0.2) is 18.1 Å². The van der Waals surface area contributed by atoms with Crippen molar-refractivity contribution in [3.05, 3.63) is 77.1 Å². The van der Waals surface area contributed by atoms with Gasteiger partial charge in [-0.1, -0.05) is 23.7 Å². The van der Waals surface area contributed by atoms with E-state index in [0.29, 0.717) is 22.9 Å². The molecule has 1 amide bonds. The average molecular weight is 426 g/mol. The standard InChI is InChI=1S/C20H16ClN5O4/c21-13-5-3-12(4-6-13)14-10-15(16-2-1-9-29-16)26(25-14)17(27)11-30-20(28)18-19(22)24-8-7-23-18/h1-9,15H,10-11H2,(H2,22,24)/t15-/m0/s1. The van der Waals surface area contributed by atoms with Crippen molar-refractivity contribution < 1.29 is 18.7 Å². The van der Waals surface area contributed by atoms with E-state index in [9.17, 15) is 9.59 Å². The Bertz CT molecular complexity index is 1100. The monoisotopic (exact) mass is 425 g/mol. The molecule has 0 unspecified atom stereocenters. The summed E-state index contributed by atoms with van der Waals surface area (Å²) in [5.74, 6) is -0.867. The molecule has 2 aromatic heterocycles. The minimum absolute atomic E-state index is 0.0763. The largest absolute Gasteiger partial charge is 0.467 e. The third-order valence-electron chi connectivity index (χ3n) is 4.46. The molecular weight excluding hydrogens is 410 g/mol. The van der Waals surface area contributed by atoms with Crippen molar-refractivity contribution in [2.24, 2.45) is 5.10 Å². The zero-order chi connectivity index (χ0) is 21.1. The molecule has 30 heavy (non-hydrogen) atoms. The topological polar surface area (TPSA) is 124 Å². The Hall–Kier alpha value is -3.72. The molecule has 2 N–H and O–H groups in total. The average Bonchev–Trinajstić information content (AvgIpc) is 3.42. The zero-order valence-electron chi connectivity index (χ0n) is 15.6. The van der Waals surface area contributed by atoms with E-state index in [2.05, 4.69) is 15.1 Å². The lowest BCUT2D eigenvalue weighted by Gasteiger charge is -2.19. The summed E-state index contributed by atoms with van der Waals surface area (Å²) < 4.78 is 10.6. The molecule has 0 saturated heterocycles. The van der Waals surface area contributed by atoms with E-state index in [1.54, 1.807) is 24.3 Å². The number of hydrazone groups is 1. The number of anilines is 1. The first-order valence-corrected chi connectivity index (χ1v) is 9.33. The summed E-state index contributed by atoms with van der Waals surface area (Å²) in [7, 11) is 0. The quantitative estimate of drug-likeness (QED) is 0.623. The third kappa shape index (κ3) is 4.01. The second-order valence-corrected chi connectivity index (χ2v) is 6.83. The Morgan fingerprint density at radius 3 is 2.67 bits per heavy atom. The summed E-state index contributed by atoms with van der Waals surface area (Å²) in [5, 5.41) is 6.31. The number of carbonyl (C=O) groups is 2. The van der Waals surface area contributed by atoms with Crippen LogP contribution in [0, 0.1) is 0 Å². The first-order valence-electron chi connectivity index (χ1n) is 8.95. The molecular formula is C20H16ClN5O4. The number of esters is 1. The van der Waals surface area contributed by atoms with Gasteiger partial charge in [-0.3, -0.25) is 4.79 Å². The number of aromatic nitrogens is 2. The Labute approximate surface area is 176 Å². The van der Waals surface area contributed by atoms with Crippen molar-refractivity contribution in [3.8, 4) is 0 Å². The number of benzene rings is 1. The summed E-state index contributed by atoms with van der Waals surface area (Å²) >= 11 is 5.95. The van der Waals surface area contributed by atoms with Gasteiger partial charge in [-0.05, 0) is 29.8 Å². The van der Waals surface area contributed by atoms with Crippen LogP contribution in [0.5, 0.6) is 0 Å². The van der Waals surface area contributed by atoms with Crippen LogP contribution < -0.4 is 5.73 Å². The van der Waals surface area contributed by atoms with Gasteiger partial charge in [0.1, 0.15) is 11.8 Å². The first kappa shape index (κ1) is 19.6. The van der Waals surface area contributed by atoms with E-state index in [1.807, 2.05) is 12.1 Å². The third-order valence-corrected chi connectivity index (χ3v) is 4.71. The van der Waals surface area contributed by atoms with E-state index in [-0.39, 0.29) is 11.5 Å². The molecule has 0 radical (unpaired) electrons. The van der Waals surface area contributed by atoms with Gasteiger partial charge in [0.25, 0.3) is 5.91 Å². The van der Waals surface area contributed by atoms with Crippen LogP contribution >= 0.6 is 11.6 Å². The van der Waals surface area contributed by atoms with Crippen molar-refractivity contribution in [3.63, 3.8) is 0 Å². The molecule has 3 aromatic rings. The maximum atomic E-state index is 12.8. The Balaban J connectivity index is 1.52. The van der Waals surface area contributed by atoms with Crippen molar-refractivity contribution in [1.82, 2.24) is 15.0 Å². The van der Waals surface area contributed by atoms with Crippen molar-refractivity contribution >= 4 is 35.0 Å². The number of amides is 1. The van der Waals surface area contributed by atoms with Crippen LogP contribution in [-0.4, -0.2) is 39.2 Å². The molecule has 0 bridgehead atoms. The highest BCUT2D eigenvalue weighted by Crippen LogP contribution is 2.33. The molecule has 1 aromatic carbocycles. The normalized spacial score (nSPS) is 15.7. The highest BCUT2D eigenvalue weighted by molar-refractivity contribution is 6.30. The number of ether oxygens (including phenoxy) is 1. The van der Waals surface area contributed by atoms with Crippen LogP contribution in [0.4, 0.5) is 5.82 Å². The minimum Gasteiger partial charge on any atom is -0.467 e. The van der Waals surface area contributed by atoms with Gasteiger partial charge in [0.2, 0.25) is 0 Å². The van der Waals surface area contributed by atoms with Crippen LogP contribution in [0.15, 0.2) is 64.6 Å². The van der Waals surface area contributed by atoms with E-state index in [4.69, 9.17) is 26.5 Å². The van der Waals surface area contributed by atoms with Gasteiger partial charge >= 0.3 is 5.97 Å². The maximum Gasteiger partial charge on any atom is 0.361 e. The SMILES string of the molecule is Nc1nccnc1C(=O)OCC(=O)N1N=C(c2ccc(Cl)cc2)C[C@H]1c1ccco1. The highest BCUT2D eigenvalue weighted by atomic mass is 35.5. The fourth-order valence-corrected chi connectivity index (χ4v) is 3.15. The Kier molecular flexibility index (Phi) is 5.44. The molecule has 3 heterocycles. The predicted molar refractivity (Wildman–Crippen MR) is 108 cm³/mol. The Morgan fingerprint density at radius 2 is 1.97 bits per heavy atom. The molecule has 0 aliphatic carbocycles. The van der Waals surface area contributed by atoms with E-state index < -0.39 is 24.5 Å². The van der Waals surface area contributed by atoms with Gasteiger partial charge < -0.3 is 14.9 Å². The molecule has 0 spiro atoms. The summed E-state index contributed by atoms with van der Waals surface area (Å²) in [6, 6.07) is 10.2. The molecule has 1 atom stereocenters. The van der Waals surface area contributed by atoms with Crippen molar-refractivity contribution in [1.29, 1.82) is 0 Å².